The lowest BCUT2D eigenvalue weighted by Crippen LogP contribution is -2.60. The monoisotopic (exact) mass is 584 g/mol. The van der Waals surface area contributed by atoms with Crippen LogP contribution in [0.15, 0.2) is 0 Å². The van der Waals surface area contributed by atoms with Crippen molar-refractivity contribution in [1.29, 1.82) is 0 Å². The average Bonchev–Trinajstić information content (AvgIpc) is 3.23. The minimum Gasteiger partial charge on any atom is -0.466 e. The number of esters is 2. The van der Waals surface area contributed by atoms with Gasteiger partial charge in [0.25, 0.3) is 0 Å². The highest BCUT2D eigenvalue weighted by Gasteiger charge is 2.66. The van der Waals surface area contributed by atoms with Crippen molar-refractivity contribution in [3.05, 3.63) is 0 Å². The van der Waals surface area contributed by atoms with Gasteiger partial charge in [-0.3, -0.25) is 24.0 Å². The predicted molar refractivity (Wildman–Crippen MR) is 144 cm³/mol. The Kier molecular flexibility index (Phi) is 9.18. The molecule has 0 aromatic carbocycles. The lowest BCUT2D eigenvalue weighted by Gasteiger charge is -2.58. The van der Waals surface area contributed by atoms with Crippen molar-refractivity contribution in [3.63, 3.8) is 0 Å². The second-order valence-corrected chi connectivity index (χ2v) is 13.8. The number of halogens is 2. The summed E-state index contributed by atoms with van der Waals surface area (Å²) in [6.07, 6.45) is 4.98. The van der Waals surface area contributed by atoms with E-state index < -0.39 is 29.2 Å². The van der Waals surface area contributed by atoms with Crippen LogP contribution in [-0.2, 0) is 33.4 Å². The van der Waals surface area contributed by atoms with E-state index in [1.807, 2.05) is 6.92 Å². The molecule has 1 unspecified atom stereocenters. The minimum absolute atomic E-state index is 0.00307. The minimum atomic E-state index is -3.39. The van der Waals surface area contributed by atoms with Crippen molar-refractivity contribution in [2.45, 2.75) is 96.7 Å². The van der Waals surface area contributed by atoms with Gasteiger partial charge in [-0.15, -0.1) is 12.6 Å². The Bertz CT molecular complexity index is 1040. The van der Waals surface area contributed by atoms with Gasteiger partial charge in [0.05, 0.1) is 6.61 Å². The van der Waals surface area contributed by atoms with Gasteiger partial charge in [0.2, 0.25) is 0 Å². The van der Waals surface area contributed by atoms with Crippen LogP contribution in [0.3, 0.4) is 0 Å². The summed E-state index contributed by atoms with van der Waals surface area (Å²) >= 11 is 3.00. The summed E-state index contributed by atoms with van der Waals surface area (Å²) in [5.41, 5.74) is -0.747. The van der Waals surface area contributed by atoms with Gasteiger partial charge in [-0.05, 0) is 67.1 Å². The number of carbonyl (C=O) groups is 5. The molecule has 4 aliphatic rings. The third-order valence-corrected chi connectivity index (χ3v) is 11.0. The zero-order chi connectivity index (χ0) is 29.5. The number of hydrogen-bond donors (Lipinski definition) is 1. The summed E-state index contributed by atoms with van der Waals surface area (Å²) < 4.78 is 34.9. The van der Waals surface area contributed by atoms with E-state index in [0.29, 0.717) is 32.1 Å². The molecule has 0 radical (unpaired) electrons. The van der Waals surface area contributed by atoms with Gasteiger partial charge < -0.3 is 9.47 Å². The summed E-state index contributed by atoms with van der Waals surface area (Å²) in [5, 5.41) is -3.39. The molecule has 0 spiro atoms. The molecule has 0 amide bonds. The van der Waals surface area contributed by atoms with E-state index >= 15 is 0 Å². The molecule has 4 saturated carbocycles. The van der Waals surface area contributed by atoms with Crippen LogP contribution in [0.25, 0.3) is 0 Å². The fourth-order valence-electron chi connectivity index (χ4n) is 8.65. The van der Waals surface area contributed by atoms with Crippen LogP contribution >= 0.6 is 12.6 Å². The van der Waals surface area contributed by atoms with E-state index in [2.05, 4.69) is 31.2 Å². The van der Waals surface area contributed by atoms with E-state index in [1.54, 1.807) is 0 Å². The number of hydrogen-bond acceptors (Lipinski definition) is 8. The second kappa shape index (κ2) is 11.8. The highest BCUT2D eigenvalue weighted by molar-refractivity contribution is 7.81. The number of Topliss-reactive ketones (excluding diaryl/α,β-unsaturated/α-hetero) is 3. The molecule has 40 heavy (non-hydrogen) atoms. The Labute approximate surface area is 240 Å². The zero-order valence-corrected chi connectivity index (χ0v) is 24.6. The van der Waals surface area contributed by atoms with E-state index in [9.17, 15) is 32.8 Å². The summed E-state index contributed by atoms with van der Waals surface area (Å²) in [4.78, 5) is 63.4. The standard InChI is InChI=1S/C30H42F2O7S/c1-17(6-9-26(37)38-12-4-5-25(36)39-16-30(31,32)40)20-7-8-21-27-22(15-24(35)29(20,21)3)28(2)11-10-19(33)13-18(28)14-23(27)34/h17-18,20-22,27,40H,4-16H2,1-3H3/t17-,18-,20?,21-,22-,27-,28-,29+/m0/s1. The van der Waals surface area contributed by atoms with Crippen LogP contribution < -0.4 is 0 Å². The first-order chi connectivity index (χ1) is 18.7. The first-order valence-electron chi connectivity index (χ1n) is 14.7. The lowest BCUT2D eigenvalue weighted by molar-refractivity contribution is -0.166. The van der Waals surface area contributed by atoms with Crippen LogP contribution in [0.4, 0.5) is 8.78 Å². The largest absolute Gasteiger partial charge is 0.466 e. The first-order valence-corrected chi connectivity index (χ1v) is 15.1. The summed E-state index contributed by atoms with van der Waals surface area (Å²) in [7, 11) is 0. The number of rotatable bonds is 10. The van der Waals surface area contributed by atoms with Gasteiger partial charge in [-0.2, -0.15) is 8.78 Å². The van der Waals surface area contributed by atoms with Crippen LogP contribution in [0.1, 0.15) is 91.4 Å². The van der Waals surface area contributed by atoms with Crippen LogP contribution in [0.5, 0.6) is 0 Å². The molecule has 0 aromatic heterocycles. The van der Waals surface area contributed by atoms with Gasteiger partial charge >= 0.3 is 17.2 Å². The van der Waals surface area contributed by atoms with Crippen molar-refractivity contribution >= 4 is 41.9 Å². The van der Waals surface area contributed by atoms with E-state index in [-0.39, 0.29) is 84.1 Å². The van der Waals surface area contributed by atoms with E-state index in [1.165, 1.54) is 0 Å². The average molecular weight is 585 g/mol. The number of ketones is 3. The van der Waals surface area contributed by atoms with Crippen molar-refractivity contribution in [1.82, 2.24) is 0 Å². The topological polar surface area (TPSA) is 104 Å². The zero-order valence-electron chi connectivity index (χ0n) is 23.7. The normalized spacial score (nSPS) is 36.4. The van der Waals surface area contributed by atoms with Gasteiger partial charge in [0.1, 0.15) is 17.3 Å². The molecule has 0 saturated heterocycles. The fraction of sp³-hybridized carbons (Fsp3) is 0.833. The van der Waals surface area contributed by atoms with Crippen molar-refractivity contribution in [2.75, 3.05) is 13.2 Å². The smallest absolute Gasteiger partial charge is 0.324 e. The van der Waals surface area contributed by atoms with Crippen molar-refractivity contribution < 1.29 is 42.2 Å². The molecule has 0 bridgehead atoms. The van der Waals surface area contributed by atoms with E-state index in [4.69, 9.17) is 4.74 Å². The summed E-state index contributed by atoms with van der Waals surface area (Å²) in [5.74, 6) is -0.458. The van der Waals surface area contributed by atoms with Crippen LogP contribution in [0, 0.1) is 46.3 Å². The number of fused-ring (bicyclic) bond motifs is 5. The van der Waals surface area contributed by atoms with Gasteiger partial charge in [-0.1, -0.05) is 20.8 Å². The molecule has 4 rings (SSSR count). The Morgan fingerprint density at radius 1 is 1.02 bits per heavy atom. The van der Waals surface area contributed by atoms with Crippen LogP contribution in [-0.4, -0.2) is 47.8 Å². The molecule has 8 atom stereocenters. The Morgan fingerprint density at radius 2 is 1.73 bits per heavy atom. The van der Waals surface area contributed by atoms with Crippen molar-refractivity contribution in [2.24, 2.45) is 46.3 Å². The number of ether oxygens (including phenoxy) is 2. The van der Waals surface area contributed by atoms with Gasteiger partial charge in [0.15, 0.2) is 6.61 Å². The fourth-order valence-corrected chi connectivity index (χ4v) is 8.72. The molecule has 4 aliphatic carbocycles. The molecule has 0 N–H and O–H groups in total. The highest BCUT2D eigenvalue weighted by Crippen LogP contribution is 2.66. The van der Waals surface area contributed by atoms with Gasteiger partial charge in [-0.25, -0.2) is 0 Å². The first kappa shape index (κ1) is 31.1. The van der Waals surface area contributed by atoms with Crippen LogP contribution in [0.2, 0.25) is 0 Å². The Morgan fingerprint density at radius 3 is 2.42 bits per heavy atom. The number of alkyl halides is 2. The molecule has 4 fully saturated rings. The maximum Gasteiger partial charge on any atom is 0.324 e. The van der Waals surface area contributed by atoms with Gasteiger partial charge in [0, 0.05) is 49.9 Å². The molecule has 7 nitrogen and oxygen atoms in total. The molecular weight excluding hydrogens is 542 g/mol. The second-order valence-electron chi connectivity index (χ2n) is 13.1. The maximum atomic E-state index is 13.9. The quantitative estimate of drug-likeness (QED) is 0.209. The Balaban J connectivity index is 1.30. The maximum absolute atomic E-state index is 13.9. The molecule has 0 heterocycles. The van der Waals surface area contributed by atoms with Crippen molar-refractivity contribution in [3.8, 4) is 0 Å². The number of thiol groups is 1. The Hall–Kier alpha value is -1.84. The summed E-state index contributed by atoms with van der Waals surface area (Å²) in [6.45, 7) is 5.18. The molecule has 0 aliphatic heterocycles. The SMILES string of the molecule is C[C@@H](CCC(=O)OCCCC(=O)OCC(F)(F)S)C1CC[C@H]2[C@@H]3C(=O)C[C@@H]4CC(=O)CC[C@]4(C)[C@H]3CC(=O)[C@]12C. The third-order valence-electron chi connectivity index (χ3n) is 10.9. The third kappa shape index (κ3) is 6.16. The highest BCUT2D eigenvalue weighted by atomic mass is 32.1. The molecule has 10 heteroatoms. The lowest BCUT2D eigenvalue weighted by atomic mass is 9.44. The summed E-state index contributed by atoms with van der Waals surface area (Å²) in [6, 6.07) is 0. The molecule has 224 valence electrons. The van der Waals surface area contributed by atoms with E-state index in [0.717, 1.165) is 19.3 Å². The predicted octanol–water partition coefficient (Wildman–Crippen LogP) is 5.38. The molecular formula is C30H42F2O7S. The number of carbonyl (C=O) groups excluding carboxylic acids is 5. The molecule has 0 aromatic rings.